The van der Waals surface area contributed by atoms with Crippen molar-refractivity contribution in [2.75, 3.05) is 24.2 Å². The first kappa shape index (κ1) is 29.8. The van der Waals surface area contributed by atoms with Gasteiger partial charge >= 0.3 is 0 Å². The van der Waals surface area contributed by atoms with Crippen LogP contribution in [0.1, 0.15) is 32.8 Å². The Morgan fingerprint density at radius 1 is 1.19 bits per heavy atom. The average Bonchev–Trinajstić information content (AvgIpc) is 2.83. The van der Waals surface area contributed by atoms with E-state index in [9.17, 15) is 28.1 Å². The minimum absolute atomic E-state index is 0.0211. The van der Waals surface area contributed by atoms with Gasteiger partial charge in [0.15, 0.2) is 0 Å². The van der Waals surface area contributed by atoms with Crippen LogP contribution in [-0.4, -0.2) is 62.0 Å². The topological polar surface area (TPSA) is 139 Å². The molecule has 2 aromatic carbocycles. The number of anilines is 1. The smallest absolute Gasteiger partial charge is 0.271 e. The minimum atomic E-state index is -4.11. The van der Waals surface area contributed by atoms with Gasteiger partial charge in [-0.05, 0) is 44.0 Å². The number of nitro groups is 1. The number of hydrogen-bond acceptors (Lipinski definition) is 7. The largest absolute Gasteiger partial charge is 0.495 e. The molecule has 2 aromatic rings. The molecule has 2 atom stereocenters. The molecule has 1 N–H and O–H groups in total. The summed E-state index contributed by atoms with van der Waals surface area (Å²) in [4.78, 5) is 38.4. The van der Waals surface area contributed by atoms with Gasteiger partial charge in [0.1, 0.15) is 24.0 Å². The number of amides is 2. The summed E-state index contributed by atoms with van der Waals surface area (Å²) in [6.45, 7) is 4.52. The van der Waals surface area contributed by atoms with E-state index in [0.29, 0.717) is 17.0 Å². The number of hydrogen-bond donors (Lipinski definition) is 1. The SMILES string of the molecule is CC[C@@H](C)NC(=O)[C@H](C)N(Cc1cccc(Cl)c1)C(=O)CN(c1cc([N+](=O)[O-])ccc1OC)S(C)(=O)=O. The van der Waals surface area contributed by atoms with Crippen molar-refractivity contribution in [3.63, 3.8) is 0 Å². The molecule has 0 radical (unpaired) electrons. The highest BCUT2D eigenvalue weighted by Gasteiger charge is 2.32. The molecule has 0 heterocycles. The monoisotopic (exact) mass is 554 g/mol. The summed E-state index contributed by atoms with van der Waals surface area (Å²) < 4.78 is 31.5. The number of sulfonamides is 1. The molecule has 2 rings (SSSR count). The van der Waals surface area contributed by atoms with Gasteiger partial charge in [-0.15, -0.1) is 0 Å². The maximum Gasteiger partial charge on any atom is 0.271 e. The summed E-state index contributed by atoms with van der Waals surface area (Å²) in [6.07, 6.45) is 1.55. The lowest BCUT2D eigenvalue weighted by Crippen LogP contribution is -2.52. The number of nitrogens with zero attached hydrogens (tertiary/aromatic N) is 3. The van der Waals surface area contributed by atoms with E-state index in [1.54, 1.807) is 31.2 Å². The Bertz CT molecular complexity index is 1260. The van der Waals surface area contributed by atoms with Crippen molar-refractivity contribution in [3.8, 4) is 5.75 Å². The second-order valence-corrected chi connectivity index (χ2v) is 10.9. The number of rotatable bonds is 12. The highest BCUT2D eigenvalue weighted by atomic mass is 35.5. The third kappa shape index (κ3) is 8.05. The highest BCUT2D eigenvalue weighted by Crippen LogP contribution is 2.34. The maximum absolute atomic E-state index is 13.6. The van der Waals surface area contributed by atoms with E-state index in [1.807, 2.05) is 13.8 Å². The lowest BCUT2D eigenvalue weighted by molar-refractivity contribution is -0.384. The summed E-state index contributed by atoms with van der Waals surface area (Å²) in [7, 11) is -2.83. The number of ether oxygens (including phenoxy) is 1. The van der Waals surface area contributed by atoms with E-state index in [4.69, 9.17) is 16.3 Å². The van der Waals surface area contributed by atoms with Crippen molar-refractivity contribution in [1.29, 1.82) is 0 Å². The Balaban J connectivity index is 2.51. The Hall–Kier alpha value is -3.38. The molecular weight excluding hydrogens is 524 g/mol. The molecule has 0 saturated carbocycles. The number of methoxy groups -OCH3 is 1. The van der Waals surface area contributed by atoms with Crippen molar-refractivity contribution < 1.29 is 27.7 Å². The van der Waals surface area contributed by atoms with Crippen LogP contribution in [0.15, 0.2) is 42.5 Å². The fourth-order valence-electron chi connectivity index (χ4n) is 3.46. The molecule has 0 aliphatic heterocycles. The van der Waals surface area contributed by atoms with E-state index in [-0.39, 0.29) is 29.7 Å². The number of nitrogens with one attached hydrogen (secondary N) is 1. The summed E-state index contributed by atoms with van der Waals surface area (Å²) in [5, 5.41) is 14.6. The Labute approximate surface area is 221 Å². The Kier molecular flexibility index (Phi) is 10.3. The molecule has 202 valence electrons. The van der Waals surface area contributed by atoms with E-state index >= 15 is 0 Å². The fourth-order valence-corrected chi connectivity index (χ4v) is 4.52. The van der Waals surface area contributed by atoms with Crippen LogP contribution in [-0.2, 0) is 26.2 Å². The zero-order valence-electron chi connectivity index (χ0n) is 21.3. The predicted octanol–water partition coefficient (Wildman–Crippen LogP) is 3.35. The molecule has 0 aromatic heterocycles. The van der Waals surface area contributed by atoms with Crippen molar-refractivity contribution in [3.05, 3.63) is 63.2 Å². The number of non-ortho nitro benzene ring substituents is 1. The van der Waals surface area contributed by atoms with Crippen molar-refractivity contribution in [2.24, 2.45) is 0 Å². The predicted molar refractivity (Wildman–Crippen MR) is 141 cm³/mol. The quantitative estimate of drug-likeness (QED) is 0.313. The van der Waals surface area contributed by atoms with Crippen molar-refractivity contribution >= 4 is 44.8 Å². The van der Waals surface area contributed by atoms with E-state index in [0.717, 1.165) is 22.7 Å². The van der Waals surface area contributed by atoms with E-state index in [1.165, 1.54) is 18.1 Å². The molecule has 13 heteroatoms. The summed E-state index contributed by atoms with van der Waals surface area (Å²) in [5.41, 5.74) is 0.0730. The normalized spacial score (nSPS) is 12.8. The van der Waals surface area contributed by atoms with Gasteiger partial charge in [-0.25, -0.2) is 8.42 Å². The van der Waals surface area contributed by atoms with Crippen LogP contribution < -0.4 is 14.4 Å². The minimum Gasteiger partial charge on any atom is -0.495 e. The highest BCUT2D eigenvalue weighted by molar-refractivity contribution is 7.92. The van der Waals surface area contributed by atoms with Crippen molar-refractivity contribution in [2.45, 2.75) is 45.8 Å². The molecule has 11 nitrogen and oxygen atoms in total. The number of halogens is 1. The molecule has 0 aliphatic carbocycles. The first-order valence-corrected chi connectivity index (χ1v) is 13.7. The zero-order valence-corrected chi connectivity index (χ0v) is 22.9. The standard InChI is InChI=1S/C24H31ClN4O7S/c1-6-16(2)26-24(31)17(3)27(14-18-8-7-9-19(25)12-18)23(30)15-28(37(5,34)35)21-13-20(29(32)33)10-11-22(21)36-4/h7-13,16-17H,6,14-15H2,1-5H3,(H,26,31)/t16-,17+/m1/s1. The zero-order chi connectivity index (χ0) is 27.9. The number of nitro benzene ring substituents is 1. The molecule has 0 saturated heterocycles. The molecular formula is C24H31ClN4O7S. The fraction of sp³-hybridized carbons (Fsp3) is 0.417. The van der Waals surface area contributed by atoms with Crippen LogP contribution in [0.4, 0.5) is 11.4 Å². The third-order valence-corrected chi connectivity index (χ3v) is 7.09. The maximum atomic E-state index is 13.6. The molecule has 0 aliphatic rings. The van der Waals surface area contributed by atoms with Gasteiger partial charge in [-0.2, -0.15) is 0 Å². The first-order valence-electron chi connectivity index (χ1n) is 11.4. The van der Waals surface area contributed by atoms with Crippen LogP contribution in [0.3, 0.4) is 0 Å². The van der Waals surface area contributed by atoms with Gasteiger partial charge in [0, 0.05) is 29.7 Å². The molecule has 0 spiro atoms. The Morgan fingerprint density at radius 3 is 2.41 bits per heavy atom. The van der Waals surface area contributed by atoms with Crippen LogP contribution in [0.5, 0.6) is 5.75 Å². The number of carbonyl (C=O) groups excluding carboxylic acids is 2. The van der Waals surface area contributed by atoms with Crippen LogP contribution in [0.2, 0.25) is 5.02 Å². The molecule has 37 heavy (non-hydrogen) atoms. The van der Waals surface area contributed by atoms with Crippen LogP contribution >= 0.6 is 11.6 Å². The number of benzene rings is 2. The van der Waals surface area contributed by atoms with E-state index < -0.39 is 39.3 Å². The van der Waals surface area contributed by atoms with Crippen molar-refractivity contribution in [1.82, 2.24) is 10.2 Å². The van der Waals surface area contributed by atoms with Gasteiger partial charge < -0.3 is 15.0 Å². The second-order valence-electron chi connectivity index (χ2n) is 8.53. The van der Waals surface area contributed by atoms with Gasteiger partial charge in [0.05, 0.1) is 18.3 Å². The van der Waals surface area contributed by atoms with Gasteiger partial charge in [0.25, 0.3) is 5.69 Å². The van der Waals surface area contributed by atoms with Crippen LogP contribution in [0.25, 0.3) is 0 Å². The van der Waals surface area contributed by atoms with Gasteiger partial charge in [-0.3, -0.25) is 24.0 Å². The molecule has 2 amide bonds. The second kappa shape index (κ2) is 12.7. The van der Waals surface area contributed by atoms with Gasteiger partial charge in [-0.1, -0.05) is 30.7 Å². The van der Waals surface area contributed by atoms with Gasteiger partial charge in [0.2, 0.25) is 21.8 Å². The summed E-state index contributed by atoms with van der Waals surface area (Å²) in [5.74, 6) is -1.10. The lowest BCUT2D eigenvalue weighted by Gasteiger charge is -2.32. The molecule has 0 unspecified atom stereocenters. The number of carbonyl (C=O) groups is 2. The molecule has 0 bridgehead atoms. The average molecular weight is 555 g/mol. The first-order chi connectivity index (χ1) is 17.3. The Morgan fingerprint density at radius 2 is 1.86 bits per heavy atom. The third-order valence-electron chi connectivity index (χ3n) is 5.73. The summed E-state index contributed by atoms with van der Waals surface area (Å²) >= 11 is 6.10. The van der Waals surface area contributed by atoms with Crippen LogP contribution in [0, 0.1) is 10.1 Å². The molecule has 0 fully saturated rings. The summed E-state index contributed by atoms with van der Waals surface area (Å²) in [6, 6.07) is 9.06. The van der Waals surface area contributed by atoms with E-state index in [2.05, 4.69) is 5.32 Å². The lowest BCUT2D eigenvalue weighted by atomic mass is 10.1.